The molecule has 0 bridgehead atoms. The smallest absolute Gasteiger partial charge is 0.240 e. The molecule has 0 aliphatic rings. The van der Waals surface area contributed by atoms with Gasteiger partial charge in [0.25, 0.3) is 0 Å². The monoisotopic (exact) mass is 228 g/mol. The Morgan fingerprint density at radius 2 is 2.18 bits per heavy atom. The second-order valence-corrected chi connectivity index (χ2v) is 3.88. The van der Waals surface area contributed by atoms with Crippen LogP contribution in [0.25, 0.3) is 0 Å². The number of carbonyl (C=O) groups is 1. The van der Waals surface area contributed by atoms with E-state index >= 15 is 0 Å². The quantitative estimate of drug-likeness (QED) is 0.724. The van der Waals surface area contributed by atoms with Gasteiger partial charge in [-0.25, -0.2) is 0 Å². The molecule has 1 atom stereocenters. The standard InChI is InChI=1S/C14H16N2O/c1-3-9-16(2)14(17)13(11-15)10-12-7-5-4-6-8-12/h3-8,13H,1,9-10H2,2H3. The third-order valence-electron chi connectivity index (χ3n) is 2.52. The number of nitriles is 1. The van der Waals surface area contributed by atoms with E-state index in [1.807, 2.05) is 30.3 Å². The summed E-state index contributed by atoms with van der Waals surface area (Å²) in [6.45, 7) is 4.04. The van der Waals surface area contributed by atoms with Crippen LogP contribution in [-0.2, 0) is 11.2 Å². The highest BCUT2D eigenvalue weighted by Crippen LogP contribution is 2.10. The molecule has 1 unspecified atom stereocenters. The van der Waals surface area contributed by atoms with Gasteiger partial charge in [0.05, 0.1) is 6.07 Å². The number of benzene rings is 1. The van der Waals surface area contributed by atoms with Crippen molar-refractivity contribution in [2.75, 3.05) is 13.6 Å². The number of hydrogen-bond acceptors (Lipinski definition) is 2. The first-order chi connectivity index (χ1) is 8.19. The summed E-state index contributed by atoms with van der Waals surface area (Å²) in [6, 6.07) is 11.6. The van der Waals surface area contributed by atoms with E-state index in [1.165, 1.54) is 4.90 Å². The van der Waals surface area contributed by atoms with E-state index in [0.717, 1.165) is 5.56 Å². The molecule has 17 heavy (non-hydrogen) atoms. The third-order valence-corrected chi connectivity index (χ3v) is 2.52. The van der Waals surface area contributed by atoms with Crippen molar-refractivity contribution in [1.29, 1.82) is 5.26 Å². The summed E-state index contributed by atoms with van der Waals surface area (Å²) < 4.78 is 0. The largest absolute Gasteiger partial charge is 0.341 e. The molecule has 0 aliphatic carbocycles. The Morgan fingerprint density at radius 1 is 1.53 bits per heavy atom. The maximum absolute atomic E-state index is 11.9. The van der Waals surface area contributed by atoms with E-state index in [2.05, 4.69) is 12.6 Å². The minimum atomic E-state index is -0.623. The number of hydrogen-bond donors (Lipinski definition) is 0. The second-order valence-electron chi connectivity index (χ2n) is 3.88. The fraction of sp³-hybridized carbons (Fsp3) is 0.286. The highest BCUT2D eigenvalue weighted by Gasteiger charge is 2.21. The minimum Gasteiger partial charge on any atom is -0.341 e. The normalized spacial score (nSPS) is 11.3. The van der Waals surface area contributed by atoms with Crippen LogP contribution in [0.4, 0.5) is 0 Å². The Balaban J connectivity index is 2.70. The van der Waals surface area contributed by atoms with Gasteiger partial charge in [0.2, 0.25) is 5.91 Å². The molecule has 0 fully saturated rings. The zero-order valence-corrected chi connectivity index (χ0v) is 9.97. The maximum Gasteiger partial charge on any atom is 0.240 e. The molecule has 0 spiro atoms. The summed E-state index contributed by atoms with van der Waals surface area (Å²) >= 11 is 0. The Hall–Kier alpha value is -2.08. The van der Waals surface area contributed by atoms with Crippen molar-refractivity contribution in [3.63, 3.8) is 0 Å². The number of carbonyl (C=O) groups excluding carboxylic acids is 1. The van der Waals surface area contributed by atoms with E-state index in [4.69, 9.17) is 5.26 Å². The molecule has 1 aromatic carbocycles. The van der Waals surface area contributed by atoms with Crippen LogP contribution in [-0.4, -0.2) is 24.4 Å². The maximum atomic E-state index is 11.9. The summed E-state index contributed by atoms with van der Waals surface area (Å²) in [5.41, 5.74) is 0.999. The zero-order chi connectivity index (χ0) is 12.7. The van der Waals surface area contributed by atoms with Gasteiger partial charge in [-0.1, -0.05) is 36.4 Å². The first kappa shape index (κ1) is 13.0. The molecule has 0 saturated carbocycles. The van der Waals surface area contributed by atoms with E-state index in [0.29, 0.717) is 13.0 Å². The molecule has 1 rings (SSSR count). The SMILES string of the molecule is C=CCN(C)C(=O)C(C#N)Cc1ccccc1. The van der Waals surface area contributed by atoms with Crippen LogP contribution < -0.4 is 0 Å². The van der Waals surface area contributed by atoms with E-state index in [9.17, 15) is 4.79 Å². The Bertz CT molecular complexity index is 420. The van der Waals surface area contributed by atoms with Crippen LogP contribution in [0.5, 0.6) is 0 Å². The van der Waals surface area contributed by atoms with E-state index < -0.39 is 5.92 Å². The Kier molecular flexibility index (Phi) is 4.96. The third kappa shape index (κ3) is 3.76. The average Bonchev–Trinajstić information content (AvgIpc) is 2.36. The molecule has 3 nitrogen and oxygen atoms in total. The second kappa shape index (κ2) is 6.49. The predicted octanol–water partition coefficient (Wildman–Crippen LogP) is 2.01. The van der Waals surface area contributed by atoms with Crippen LogP contribution in [0, 0.1) is 17.2 Å². The number of rotatable bonds is 5. The predicted molar refractivity (Wildman–Crippen MR) is 67.1 cm³/mol. The summed E-state index contributed by atoms with van der Waals surface area (Å²) in [7, 11) is 1.68. The first-order valence-electron chi connectivity index (χ1n) is 5.48. The molecular weight excluding hydrogens is 212 g/mol. The van der Waals surface area contributed by atoms with E-state index in [-0.39, 0.29) is 5.91 Å². The van der Waals surface area contributed by atoms with Crippen LogP contribution in [0.3, 0.4) is 0 Å². The van der Waals surface area contributed by atoms with Crippen LogP contribution >= 0.6 is 0 Å². The summed E-state index contributed by atoms with van der Waals surface area (Å²) in [5.74, 6) is -0.779. The fourth-order valence-corrected chi connectivity index (χ4v) is 1.59. The van der Waals surface area contributed by atoms with Gasteiger partial charge in [0, 0.05) is 13.6 Å². The molecule has 0 N–H and O–H groups in total. The van der Waals surface area contributed by atoms with Gasteiger partial charge < -0.3 is 4.90 Å². The Morgan fingerprint density at radius 3 is 2.71 bits per heavy atom. The van der Waals surface area contributed by atoms with E-state index in [1.54, 1.807) is 13.1 Å². The lowest BCUT2D eigenvalue weighted by atomic mass is 9.99. The fourth-order valence-electron chi connectivity index (χ4n) is 1.59. The molecule has 0 radical (unpaired) electrons. The van der Waals surface area contributed by atoms with Crippen molar-refractivity contribution in [3.05, 3.63) is 48.6 Å². The van der Waals surface area contributed by atoms with Crippen LogP contribution in [0.2, 0.25) is 0 Å². The molecule has 1 amide bonds. The highest BCUT2D eigenvalue weighted by atomic mass is 16.2. The molecule has 1 aromatic rings. The summed E-state index contributed by atoms with van der Waals surface area (Å²) in [4.78, 5) is 13.4. The minimum absolute atomic E-state index is 0.156. The lowest BCUT2D eigenvalue weighted by molar-refractivity contribution is -0.131. The molecule has 88 valence electrons. The van der Waals surface area contributed by atoms with Crippen molar-refractivity contribution >= 4 is 5.91 Å². The van der Waals surface area contributed by atoms with Gasteiger partial charge in [-0.3, -0.25) is 4.79 Å². The summed E-state index contributed by atoms with van der Waals surface area (Å²) in [6.07, 6.45) is 2.10. The van der Waals surface area contributed by atoms with Gasteiger partial charge in [0.1, 0.15) is 5.92 Å². The van der Waals surface area contributed by atoms with Crippen LogP contribution in [0.15, 0.2) is 43.0 Å². The van der Waals surface area contributed by atoms with Gasteiger partial charge in [-0.2, -0.15) is 5.26 Å². The average molecular weight is 228 g/mol. The molecule has 0 saturated heterocycles. The van der Waals surface area contributed by atoms with Gasteiger partial charge in [0.15, 0.2) is 0 Å². The first-order valence-corrected chi connectivity index (χ1v) is 5.48. The lowest BCUT2D eigenvalue weighted by Gasteiger charge is -2.18. The van der Waals surface area contributed by atoms with Crippen molar-refractivity contribution in [2.45, 2.75) is 6.42 Å². The molecular formula is C14H16N2O. The number of nitrogens with zero attached hydrogens (tertiary/aromatic N) is 2. The van der Waals surface area contributed by atoms with Crippen molar-refractivity contribution in [2.24, 2.45) is 5.92 Å². The zero-order valence-electron chi connectivity index (χ0n) is 9.97. The van der Waals surface area contributed by atoms with Gasteiger partial charge in [-0.05, 0) is 12.0 Å². The topological polar surface area (TPSA) is 44.1 Å². The number of likely N-dealkylation sites (N-methyl/N-ethyl adjacent to an activating group) is 1. The van der Waals surface area contributed by atoms with Crippen molar-refractivity contribution < 1.29 is 4.79 Å². The van der Waals surface area contributed by atoms with Gasteiger partial charge >= 0.3 is 0 Å². The van der Waals surface area contributed by atoms with Crippen molar-refractivity contribution in [1.82, 2.24) is 4.90 Å². The molecule has 0 heterocycles. The molecule has 3 heteroatoms. The van der Waals surface area contributed by atoms with Gasteiger partial charge in [-0.15, -0.1) is 6.58 Å². The molecule has 0 aromatic heterocycles. The summed E-state index contributed by atoms with van der Waals surface area (Å²) in [5, 5.41) is 9.05. The number of amides is 1. The highest BCUT2D eigenvalue weighted by molar-refractivity contribution is 5.81. The molecule has 0 aliphatic heterocycles. The lowest BCUT2D eigenvalue weighted by Crippen LogP contribution is -2.33. The van der Waals surface area contributed by atoms with Crippen LogP contribution in [0.1, 0.15) is 5.56 Å². The van der Waals surface area contributed by atoms with Crippen molar-refractivity contribution in [3.8, 4) is 6.07 Å². The Labute approximate surface area is 102 Å².